The first-order chi connectivity index (χ1) is 35.1. The lowest BCUT2D eigenvalue weighted by atomic mass is 9.91. The lowest BCUT2D eigenvalue weighted by Gasteiger charge is -2.50. The molecule has 16 rings (SSSR count). The minimum Gasteiger partial charge on any atom is -0.375 e. The summed E-state index contributed by atoms with van der Waals surface area (Å²) in [6.07, 6.45) is 0.734. The summed E-state index contributed by atoms with van der Waals surface area (Å²) in [5, 5.41) is 18.6. The second kappa shape index (κ2) is 14.7. The molecule has 4 aromatic heterocycles. The minimum atomic E-state index is -0.760. The zero-order valence-electron chi connectivity index (χ0n) is 41.4. The van der Waals surface area contributed by atoms with Gasteiger partial charge < -0.3 is 58.1 Å². The first-order valence-corrected chi connectivity index (χ1v) is 25.4. The van der Waals surface area contributed by atoms with Crippen molar-refractivity contribution in [3.8, 4) is 0 Å². The molecule has 3 N–H and O–H groups in total. The number of methoxy groups -OCH3 is 2. The number of hydrogen-bond acceptors (Lipinski definition) is 8. The van der Waals surface area contributed by atoms with Gasteiger partial charge in [0.15, 0.2) is 11.4 Å². The van der Waals surface area contributed by atoms with Crippen LogP contribution in [-0.2, 0) is 43.5 Å². The number of para-hydroxylation sites is 4. The Bertz CT molecular complexity index is 4070. The molecule has 14 heteroatoms. The Hall–Kier alpha value is -6.78. The van der Waals surface area contributed by atoms with E-state index in [1.165, 1.54) is 0 Å². The van der Waals surface area contributed by atoms with E-state index in [1.807, 2.05) is 7.05 Å². The van der Waals surface area contributed by atoms with Crippen molar-refractivity contribution in [1.29, 1.82) is 0 Å². The average molecular weight is 961 g/mol. The summed E-state index contributed by atoms with van der Waals surface area (Å²) in [7, 11) is 7.75. The molecule has 2 saturated heterocycles. The summed E-state index contributed by atoms with van der Waals surface area (Å²) < 4.78 is 36.2. The lowest BCUT2D eigenvalue weighted by molar-refractivity contribution is -0.267. The number of carbonyl (C=O) groups is 2. The topological polar surface area (TPSA) is 130 Å². The highest BCUT2D eigenvalue weighted by atomic mass is 16.6. The Morgan fingerprint density at radius 2 is 1.03 bits per heavy atom. The molecule has 14 nitrogen and oxygen atoms in total. The van der Waals surface area contributed by atoms with Crippen LogP contribution in [0, 0.1) is 0 Å². The molecule has 0 saturated carbocycles. The number of nitrogens with one attached hydrogen (secondary N) is 3. The minimum absolute atomic E-state index is 0.00357. The van der Waals surface area contributed by atoms with Gasteiger partial charge in [-0.2, -0.15) is 0 Å². The third-order valence-electron chi connectivity index (χ3n) is 17.9. The van der Waals surface area contributed by atoms with E-state index in [1.54, 1.807) is 14.2 Å². The van der Waals surface area contributed by atoms with Gasteiger partial charge in [0, 0.05) is 95.3 Å². The third-order valence-corrected chi connectivity index (χ3v) is 17.9. The van der Waals surface area contributed by atoms with E-state index in [0.717, 1.165) is 129 Å². The summed E-state index contributed by atoms with van der Waals surface area (Å²) in [5.41, 5.74) is 11.1. The van der Waals surface area contributed by atoms with Crippen LogP contribution < -0.4 is 16.0 Å². The number of ether oxygens (including phenoxy) is 4. The number of fused-ring (bicyclic) bond motifs is 26. The highest BCUT2D eigenvalue weighted by molar-refractivity contribution is 6.32. The Labute approximate surface area is 414 Å². The largest absolute Gasteiger partial charge is 0.375 e. The maximum absolute atomic E-state index is 13.4. The van der Waals surface area contributed by atoms with E-state index < -0.39 is 11.4 Å². The Morgan fingerprint density at radius 3 is 1.47 bits per heavy atom. The summed E-state index contributed by atoms with van der Waals surface area (Å²) in [4.78, 5) is 29.1. The van der Waals surface area contributed by atoms with Gasteiger partial charge in [0.2, 0.25) is 0 Å². The lowest BCUT2D eigenvalue weighted by Crippen LogP contribution is -2.60. The van der Waals surface area contributed by atoms with E-state index >= 15 is 0 Å². The summed E-state index contributed by atoms with van der Waals surface area (Å²) in [6, 6.07) is 34.1. The van der Waals surface area contributed by atoms with Gasteiger partial charge in [0.25, 0.3) is 11.8 Å². The number of carbonyl (C=O) groups excluding carboxylic acids is 2. The van der Waals surface area contributed by atoms with Gasteiger partial charge in [-0.05, 0) is 69.9 Å². The van der Waals surface area contributed by atoms with Crippen molar-refractivity contribution < 1.29 is 28.5 Å². The summed E-state index contributed by atoms with van der Waals surface area (Å²) >= 11 is 0. The zero-order chi connectivity index (χ0) is 48.9. The maximum atomic E-state index is 13.4. The van der Waals surface area contributed by atoms with Gasteiger partial charge in [-0.1, -0.05) is 79.7 Å². The first-order valence-electron chi connectivity index (χ1n) is 25.4. The normalized spacial score (nSPS) is 26.9. The molecule has 0 spiro atoms. The fraction of sp³-hybridized carbons (Fsp3) is 0.345. The quantitative estimate of drug-likeness (QED) is 0.156. The number of benzene rings is 6. The second-order valence-corrected chi connectivity index (χ2v) is 21.0. The second-order valence-electron chi connectivity index (χ2n) is 21.0. The van der Waals surface area contributed by atoms with Crippen LogP contribution in [0.25, 0.3) is 87.2 Å². The van der Waals surface area contributed by atoms with Gasteiger partial charge in [-0.25, -0.2) is 0 Å². The molecule has 4 bridgehead atoms. The van der Waals surface area contributed by atoms with Crippen molar-refractivity contribution in [2.24, 2.45) is 0 Å². The van der Waals surface area contributed by atoms with Crippen molar-refractivity contribution in [2.75, 3.05) is 34.9 Å². The van der Waals surface area contributed by atoms with Crippen molar-refractivity contribution in [3.05, 3.63) is 119 Å². The maximum Gasteiger partial charge on any atom is 0.252 e. The van der Waals surface area contributed by atoms with Crippen LogP contribution in [0.4, 0.5) is 0 Å². The highest BCUT2D eigenvalue weighted by Crippen LogP contribution is 2.56. The number of hydrogen-bond donors (Lipinski definition) is 3. The molecular formula is C58H56N8O6. The molecule has 6 aromatic carbocycles. The van der Waals surface area contributed by atoms with Crippen molar-refractivity contribution >= 4 is 99.0 Å². The van der Waals surface area contributed by atoms with Crippen LogP contribution in [0.3, 0.4) is 0 Å². The standard InChI is InChI=1S/C30H30N4O3.C28H26N4O3/c1-5-32(3)21-14-22-33-19-12-8-6-10-16(19)24-25-18(15-31-29(25)35)23-17-11-7-9-13-20(17)34(27(23)26(24)33)30(2,37-22)28(21)36-4;1-28-26(34-3)17(29-2)12-20(35-28)31-18-10-6-4-8-14(18)22-23-16(13-30-27(23)33)21-15-9-5-7-11-19(15)32(28)25(21)24(22)31/h6-13,21-22,28H,5,14-15H2,1-4H3,(H,31,35);4-11,17,20,26,29H,12-13H2,1-3H3,(H,30,33)/t21-,22-,28-,30+;17-,20-,26-,28+/m11/s1. The highest BCUT2D eigenvalue weighted by Gasteiger charge is 2.55. The molecule has 2 amide bonds. The SMILES string of the molecule is CCN(C)[C@@H]1C[C@H]2O[C@@](C)([C@@H]1OC)n1c3ccccc3c3c4c(c5c6ccccc6n2c5c31)C(=O)NC4.CN[C@@H]1C[C@H]2O[C@@](C)([C@@H]1OC)n1c3ccccc3c3c4c(c5c6ccccc6n2c5c31)C(=O)NC4. The Balaban J connectivity index is 0.000000129. The fourth-order valence-corrected chi connectivity index (χ4v) is 15.0. The van der Waals surface area contributed by atoms with Crippen LogP contribution in [0.15, 0.2) is 97.1 Å². The molecule has 10 heterocycles. The van der Waals surface area contributed by atoms with Gasteiger partial charge in [-0.15, -0.1) is 0 Å². The van der Waals surface area contributed by atoms with Crippen LogP contribution in [0.5, 0.6) is 0 Å². The van der Waals surface area contributed by atoms with Gasteiger partial charge in [0.05, 0.1) is 55.3 Å². The molecule has 0 aliphatic carbocycles. The molecule has 364 valence electrons. The van der Waals surface area contributed by atoms with Gasteiger partial charge >= 0.3 is 0 Å². The Morgan fingerprint density at radius 1 is 0.611 bits per heavy atom. The van der Waals surface area contributed by atoms with E-state index in [9.17, 15) is 9.59 Å². The van der Waals surface area contributed by atoms with Gasteiger partial charge in [-0.3, -0.25) is 9.59 Å². The molecule has 72 heavy (non-hydrogen) atoms. The van der Waals surface area contributed by atoms with E-state index in [2.05, 4.69) is 164 Å². The smallest absolute Gasteiger partial charge is 0.252 e. The zero-order valence-corrected chi connectivity index (χ0v) is 41.4. The average Bonchev–Trinajstić information content (AvgIpc) is 4.24. The fourth-order valence-electron chi connectivity index (χ4n) is 15.0. The number of amides is 2. The predicted molar refractivity (Wildman–Crippen MR) is 281 cm³/mol. The third kappa shape index (κ3) is 5.00. The van der Waals surface area contributed by atoms with E-state index in [-0.39, 0.29) is 48.6 Å². The number of aromatic nitrogens is 4. The molecule has 6 aliphatic rings. The van der Waals surface area contributed by atoms with Crippen LogP contribution in [0.1, 0.15) is 77.9 Å². The summed E-state index contributed by atoms with van der Waals surface area (Å²) in [6.45, 7) is 8.51. The van der Waals surface area contributed by atoms with E-state index in [0.29, 0.717) is 13.1 Å². The molecule has 6 aliphatic heterocycles. The van der Waals surface area contributed by atoms with E-state index in [4.69, 9.17) is 18.9 Å². The summed E-state index contributed by atoms with van der Waals surface area (Å²) in [5.74, 6) is 0.0122. The van der Waals surface area contributed by atoms with Crippen molar-refractivity contribution in [1.82, 2.24) is 39.1 Å². The monoisotopic (exact) mass is 960 g/mol. The van der Waals surface area contributed by atoms with Crippen LogP contribution >= 0.6 is 0 Å². The van der Waals surface area contributed by atoms with Crippen LogP contribution in [-0.4, -0.2) is 94.1 Å². The van der Waals surface area contributed by atoms with Crippen molar-refractivity contribution in [3.63, 3.8) is 0 Å². The predicted octanol–water partition coefficient (Wildman–Crippen LogP) is 9.44. The molecule has 0 unspecified atom stereocenters. The molecule has 0 radical (unpaired) electrons. The van der Waals surface area contributed by atoms with Gasteiger partial charge in [0.1, 0.15) is 24.7 Å². The Kier molecular flexibility index (Phi) is 8.74. The number of likely N-dealkylation sites (N-methyl/N-ethyl adjacent to an activating group) is 2. The first kappa shape index (κ1) is 42.9. The number of nitrogens with zero attached hydrogens (tertiary/aromatic N) is 5. The molecular weight excluding hydrogens is 905 g/mol. The molecule has 10 aromatic rings. The molecule has 2 fully saturated rings. The van der Waals surface area contributed by atoms with Crippen LogP contribution in [0.2, 0.25) is 0 Å². The molecule has 8 atom stereocenters. The number of rotatable bonds is 5. The van der Waals surface area contributed by atoms with Crippen molar-refractivity contribution in [2.45, 2.75) is 94.9 Å².